The lowest BCUT2D eigenvalue weighted by atomic mass is 10.1. The van der Waals surface area contributed by atoms with E-state index in [-0.39, 0.29) is 18.4 Å². The van der Waals surface area contributed by atoms with Crippen molar-refractivity contribution in [3.05, 3.63) is 65.0 Å². The number of aryl methyl sites for hydroxylation is 1. The molecule has 3 aromatic rings. The molecule has 214 valence electrons. The molecule has 1 fully saturated rings. The number of hydrogen-bond acceptors (Lipinski definition) is 8. The number of rotatable bonds is 8. The zero-order chi connectivity index (χ0) is 29.0. The standard InChI is InChI=1S/C26H31F3N8O2S/c1-17-7-8-18(24(38)37-12-10-35(2)11-13-37)14-21(17)33-25-32-16-20(26(27,28)29)22(34-25)31-15-19-6-5-9-30-23(19)36(3)40(4)39/h5-9,14,16H,10-13,15H2,1-4H3,(H2,31,32,33,34). The number of likely N-dealkylation sites (N-methyl/N-ethyl adjacent to an activating group) is 1. The predicted molar refractivity (Wildman–Crippen MR) is 149 cm³/mol. The monoisotopic (exact) mass is 576 g/mol. The third-order valence-corrected chi connectivity index (χ3v) is 7.56. The molecule has 1 aliphatic rings. The number of nitrogens with zero attached hydrogens (tertiary/aromatic N) is 6. The molecular weight excluding hydrogens is 545 g/mol. The van der Waals surface area contributed by atoms with E-state index in [0.29, 0.717) is 41.9 Å². The highest BCUT2D eigenvalue weighted by molar-refractivity contribution is 7.85. The van der Waals surface area contributed by atoms with Crippen molar-refractivity contribution in [1.82, 2.24) is 24.8 Å². The first-order valence-electron chi connectivity index (χ1n) is 12.5. The predicted octanol–water partition coefficient (Wildman–Crippen LogP) is 3.67. The lowest BCUT2D eigenvalue weighted by Crippen LogP contribution is -2.47. The molecule has 0 radical (unpaired) electrons. The van der Waals surface area contributed by atoms with Crippen LogP contribution in [-0.4, -0.2) is 81.4 Å². The topological polar surface area (TPSA) is 107 Å². The molecule has 4 rings (SSSR count). The normalized spacial score (nSPS) is 15.0. The maximum absolute atomic E-state index is 13.8. The molecule has 10 nitrogen and oxygen atoms in total. The van der Waals surface area contributed by atoms with Gasteiger partial charge in [0.2, 0.25) is 5.95 Å². The molecule has 0 spiro atoms. The highest BCUT2D eigenvalue weighted by Crippen LogP contribution is 2.35. The summed E-state index contributed by atoms with van der Waals surface area (Å²) in [5.74, 6) is -0.241. The Morgan fingerprint density at radius 3 is 2.55 bits per heavy atom. The Morgan fingerprint density at radius 2 is 1.88 bits per heavy atom. The van der Waals surface area contributed by atoms with Crippen molar-refractivity contribution in [2.45, 2.75) is 19.6 Å². The van der Waals surface area contributed by atoms with Crippen LogP contribution in [0, 0.1) is 6.92 Å². The lowest BCUT2D eigenvalue weighted by molar-refractivity contribution is -0.137. The maximum Gasteiger partial charge on any atom is 0.421 e. The Hall–Kier alpha value is -3.78. The van der Waals surface area contributed by atoms with Crippen LogP contribution in [0.5, 0.6) is 0 Å². The van der Waals surface area contributed by atoms with E-state index in [2.05, 4.69) is 30.5 Å². The second-order valence-electron chi connectivity index (χ2n) is 9.46. The van der Waals surface area contributed by atoms with Crippen LogP contribution in [0.1, 0.15) is 27.0 Å². The Labute approximate surface area is 233 Å². The summed E-state index contributed by atoms with van der Waals surface area (Å²) in [5.41, 5.74) is 1.24. The number of carbonyl (C=O) groups is 1. The van der Waals surface area contributed by atoms with Crippen molar-refractivity contribution in [2.75, 3.05) is 61.5 Å². The number of pyridine rings is 1. The molecule has 1 atom stereocenters. The third kappa shape index (κ3) is 6.86. The SMILES string of the molecule is Cc1ccc(C(=O)N2CCN(C)CC2)cc1Nc1ncc(C(F)(F)F)c(NCc2cccnc2N(C)S(C)=O)n1. The van der Waals surface area contributed by atoms with Crippen LogP contribution in [0.2, 0.25) is 0 Å². The minimum Gasteiger partial charge on any atom is -0.365 e. The Morgan fingerprint density at radius 1 is 1.15 bits per heavy atom. The second-order valence-corrected chi connectivity index (χ2v) is 10.9. The molecule has 1 aromatic carbocycles. The first-order valence-corrected chi connectivity index (χ1v) is 14.0. The highest BCUT2D eigenvalue weighted by Gasteiger charge is 2.35. The van der Waals surface area contributed by atoms with E-state index in [9.17, 15) is 22.2 Å². The minimum atomic E-state index is -4.70. The fourth-order valence-electron chi connectivity index (χ4n) is 4.14. The Balaban J connectivity index is 1.59. The van der Waals surface area contributed by atoms with Gasteiger partial charge in [-0.2, -0.15) is 18.2 Å². The van der Waals surface area contributed by atoms with E-state index in [1.54, 1.807) is 42.3 Å². The van der Waals surface area contributed by atoms with Crippen molar-refractivity contribution in [2.24, 2.45) is 0 Å². The van der Waals surface area contributed by atoms with E-state index in [1.807, 2.05) is 14.0 Å². The molecular formula is C26H31F3N8O2S. The quantitative estimate of drug-likeness (QED) is 0.419. The van der Waals surface area contributed by atoms with Crippen LogP contribution >= 0.6 is 0 Å². The molecule has 0 bridgehead atoms. The zero-order valence-electron chi connectivity index (χ0n) is 22.6. The van der Waals surface area contributed by atoms with Gasteiger partial charge in [0.15, 0.2) is 0 Å². The van der Waals surface area contributed by atoms with E-state index in [1.165, 1.54) is 16.8 Å². The second kappa shape index (κ2) is 12.2. The largest absolute Gasteiger partial charge is 0.421 e. The van der Waals surface area contributed by atoms with Gasteiger partial charge in [0.25, 0.3) is 5.91 Å². The summed E-state index contributed by atoms with van der Waals surface area (Å²) >= 11 is 0. The van der Waals surface area contributed by atoms with E-state index < -0.39 is 28.5 Å². The van der Waals surface area contributed by atoms with Crippen molar-refractivity contribution < 1.29 is 22.2 Å². The molecule has 1 amide bonds. The van der Waals surface area contributed by atoms with Crippen molar-refractivity contribution in [1.29, 1.82) is 0 Å². The third-order valence-electron chi connectivity index (χ3n) is 6.61. The van der Waals surface area contributed by atoms with Gasteiger partial charge in [0.1, 0.15) is 28.2 Å². The summed E-state index contributed by atoms with van der Waals surface area (Å²) < 4.78 is 54.8. The van der Waals surface area contributed by atoms with Crippen LogP contribution in [0.3, 0.4) is 0 Å². The Bertz CT molecular complexity index is 1400. The van der Waals surface area contributed by atoms with Gasteiger partial charge in [-0.1, -0.05) is 12.1 Å². The summed E-state index contributed by atoms with van der Waals surface area (Å²) in [4.78, 5) is 29.2. The summed E-state index contributed by atoms with van der Waals surface area (Å²) in [6.07, 6.45) is -0.999. The molecule has 0 saturated carbocycles. The first-order chi connectivity index (χ1) is 18.9. The number of aromatic nitrogens is 3. The summed E-state index contributed by atoms with van der Waals surface area (Å²) in [6, 6.07) is 8.48. The molecule has 2 N–H and O–H groups in total. The summed E-state index contributed by atoms with van der Waals surface area (Å²) in [6.45, 7) is 4.55. The highest BCUT2D eigenvalue weighted by atomic mass is 32.2. The van der Waals surface area contributed by atoms with Gasteiger partial charge in [-0.05, 0) is 37.7 Å². The zero-order valence-corrected chi connectivity index (χ0v) is 23.4. The van der Waals surface area contributed by atoms with Gasteiger partial charge in [0.05, 0.1) is 0 Å². The van der Waals surface area contributed by atoms with Crippen molar-refractivity contribution in [3.8, 4) is 0 Å². The van der Waals surface area contributed by atoms with Crippen LogP contribution < -0.4 is 14.9 Å². The number of benzene rings is 1. The molecule has 2 aromatic heterocycles. The molecule has 40 heavy (non-hydrogen) atoms. The smallest absolute Gasteiger partial charge is 0.365 e. The van der Waals surface area contributed by atoms with Crippen LogP contribution in [0.25, 0.3) is 0 Å². The number of nitrogens with one attached hydrogen (secondary N) is 2. The van der Waals surface area contributed by atoms with Crippen LogP contribution in [0.4, 0.5) is 36.4 Å². The molecule has 14 heteroatoms. The van der Waals surface area contributed by atoms with Gasteiger partial charge in [-0.3, -0.25) is 9.10 Å². The van der Waals surface area contributed by atoms with E-state index >= 15 is 0 Å². The molecule has 3 heterocycles. The van der Waals surface area contributed by atoms with Crippen molar-refractivity contribution >= 4 is 40.2 Å². The average Bonchev–Trinajstić information content (AvgIpc) is 2.92. The average molecular weight is 577 g/mol. The molecule has 0 aliphatic carbocycles. The van der Waals surface area contributed by atoms with Crippen LogP contribution in [0.15, 0.2) is 42.7 Å². The first kappa shape index (κ1) is 29.2. The van der Waals surface area contributed by atoms with Gasteiger partial charge >= 0.3 is 6.18 Å². The molecule has 1 saturated heterocycles. The summed E-state index contributed by atoms with van der Waals surface area (Å²) in [5, 5.41) is 5.72. The lowest BCUT2D eigenvalue weighted by Gasteiger charge is -2.32. The van der Waals surface area contributed by atoms with Gasteiger partial charge < -0.3 is 20.4 Å². The van der Waals surface area contributed by atoms with Gasteiger partial charge in [0, 0.05) is 75.2 Å². The number of halogens is 3. The number of anilines is 4. The van der Waals surface area contributed by atoms with Gasteiger partial charge in [-0.25, -0.2) is 14.2 Å². The number of piperazine rings is 1. The van der Waals surface area contributed by atoms with E-state index in [0.717, 1.165) is 18.7 Å². The fourth-order valence-corrected chi connectivity index (χ4v) is 4.55. The number of alkyl halides is 3. The summed E-state index contributed by atoms with van der Waals surface area (Å²) in [7, 11) is 2.21. The minimum absolute atomic E-state index is 0.0573. The Kier molecular flexibility index (Phi) is 8.88. The van der Waals surface area contributed by atoms with Gasteiger partial charge in [-0.15, -0.1) is 0 Å². The number of carbonyl (C=O) groups excluding carboxylic acids is 1. The number of hydrogen-bond donors (Lipinski definition) is 2. The molecule has 1 unspecified atom stereocenters. The molecule has 1 aliphatic heterocycles. The van der Waals surface area contributed by atoms with Crippen LogP contribution in [-0.2, 0) is 23.7 Å². The van der Waals surface area contributed by atoms with E-state index in [4.69, 9.17) is 0 Å². The van der Waals surface area contributed by atoms with Crippen molar-refractivity contribution in [3.63, 3.8) is 0 Å². The maximum atomic E-state index is 13.8. The fraction of sp³-hybridized carbons (Fsp3) is 0.385. The number of amides is 1.